The molecule has 1 aliphatic rings. The predicted octanol–water partition coefficient (Wildman–Crippen LogP) is 0.344. The SMILES string of the molecule is CC(C)(C)OC(=O)C1CC(=O)OC1C(=O)O. The monoisotopic (exact) mass is 230 g/mol. The number of carboxylic acids is 1. The van der Waals surface area contributed by atoms with Gasteiger partial charge >= 0.3 is 17.9 Å². The van der Waals surface area contributed by atoms with E-state index in [1.165, 1.54) is 0 Å². The maximum atomic E-state index is 11.6. The maximum absolute atomic E-state index is 11.6. The standard InChI is InChI=1S/C10H14O6/c1-10(2,3)16-9(14)5-4-6(11)15-7(5)8(12)13/h5,7H,4H2,1-3H3,(H,12,13). The van der Waals surface area contributed by atoms with E-state index in [1.807, 2.05) is 0 Å². The highest BCUT2D eigenvalue weighted by atomic mass is 16.6. The number of esters is 2. The summed E-state index contributed by atoms with van der Waals surface area (Å²) in [5, 5.41) is 8.76. The van der Waals surface area contributed by atoms with Crippen molar-refractivity contribution in [1.82, 2.24) is 0 Å². The summed E-state index contributed by atoms with van der Waals surface area (Å²) in [5.74, 6) is -3.79. The second-order valence-electron chi connectivity index (χ2n) is 4.59. The highest BCUT2D eigenvalue weighted by Crippen LogP contribution is 2.25. The second kappa shape index (κ2) is 4.11. The predicted molar refractivity (Wildman–Crippen MR) is 51.5 cm³/mol. The van der Waals surface area contributed by atoms with Gasteiger partial charge in [0.1, 0.15) is 11.5 Å². The molecule has 1 heterocycles. The van der Waals surface area contributed by atoms with E-state index in [1.54, 1.807) is 20.8 Å². The Morgan fingerprint density at radius 2 is 2.00 bits per heavy atom. The lowest BCUT2D eigenvalue weighted by Gasteiger charge is -2.22. The largest absolute Gasteiger partial charge is 0.478 e. The summed E-state index contributed by atoms with van der Waals surface area (Å²) < 4.78 is 9.55. The van der Waals surface area contributed by atoms with Crippen LogP contribution < -0.4 is 0 Å². The van der Waals surface area contributed by atoms with E-state index in [0.29, 0.717) is 0 Å². The zero-order valence-corrected chi connectivity index (χ0v) is 9.35. The molecule has 0 aliphatic carbocycles. The number of aliphatic carboxylic acids is 1. The number of carbonyl (C=O) groups excluding carboxylic acids is 2. The van der Waals surface area contributed by atoms with E-state index < -0.39 is 35.5 Å². The molecule has 0 radical (unpaired) electrons. The average molecular weight is 230 g/mol. The van der Waals surface area contributed by atoms with Gasteiger partial charge in [0.05, 0.1) is 6.42 Å². The fourth-order valence-corrected chi connectivity index (χ4v) is 1.37. The van der Waals surface area contributed by atoms with Gasteiger partial charge in [-0.25, -0.2) is 4.79 Å². The smallest absolute Gasteiger partial charge is 0.345 e. The van der Waals surface area contributed by atoms with E-state index >= 15 is 0 Å². The van der Waals surface area contributed by atoms with Crippen molar-refractivity contribution in [3.05, 3.63) is 0 Å². The van der Waals surface area contributed by atoms with Crippen molar-refractivity contribution in [2.45, 2.75) is 38.9 Å². The number of rotatable bonds is 2. The Morgan fingerprint density at radius 3 is 2.44 bits per heavy atom. The lowest BCUT2D eigenvalue weighted by molar-refractivity contribution is -0.168. The fraction of sp³-hybridized carbons (Fsp3) is 0.700. The first-order chi connectivity index (χ1) is 7.20. The van der Waals surface area contributed by atoms with Crippen molar-refractivity contribution >= 4 is 17.9 Å². The summed E-state index contributed by atoms with van der Waals surface area (Å²) in [5.41, 5.74) is -0.716. The second-order valence-corrected chi connectivity index (χ2v) is 4.59. The molecule has 0 aromatic carbocycles. The Bertz CT molecular complexity index is 327. The summed E-state index contributed by atoms with van der Waals surface area (Å²) in [6, 6.07) is 0. The van der Waals surface area contributed by atoms with Crippen LogP contribution in [0.25, 0.3) is 0 Å². The molecule has 1 fully saturated rings. The van der Waals surface area contributed by atoms with Crippen LogP contribution in [0.15, 0.2) is 0 Å². The van der Waals surface area contributed by atoms with Gasteiger partial charge in [0.2, 0.25) is 6.10 Å². The first-order valence-electron chi connectivity index (χ1n) is 4.86. The summed E-state index contributed by atoms with van der Waals surface area (Å²) in [4.78, 5) is 33.3. The van der Waals surface area contributed by atoms with Gasteiger partial charge < -0.3 is 14.6 Å². The van der Waals surface area contributed by atoms with Gasteiger partial charge in [0.25, 0.3) is 0 Å². The van der Waals surface area contributed by atoms with E-state index in [-0.39, 0.29) is 6.42 Å². The van der Waals surface area contributed by atoms with Crippen molar-refractivity contribution in [2.75, 3.05) is 0 Å². The lowest BCUT2D eigenvalue weighted by atomic mass is 10.0. The molecule has 0 aromatic heterocycles. The third kappa shape index (κ3) is 2.95. The molecule has 0 spiro atoms. The van der Waals surface area contributed by atoms with Crippen molar-refractivity contribution in [2.24, 2.45) is 5.92 Å². The Kier molecular flexibility index (Phi) is 3.21. The lowest BCUT2D eigenvalue weighted by Crippen LogP contribution is -2.36. The maximum Gasteiger partial charge on any atom is 0.345 e. The summed E-state index contributed by atoms with van der Waals surface area (Å²) in [6.45, 7) is 4.99. The zero-order valence-electron chi connectivity index (χ0n) is 9.35. The van der Waals surface area contributed by atoms with Crippen LogP contribution >= 0.6 is 0 Å². The van der Waals surface area contributed by atoms with E-state index in [9.17, 15) is 14.4 Å². The van der Waals surface area contributed by atoms with Crippen molar-refractivity contribution in [1.29, 1.82) is 0 Å². The van der Waals surface area contributed by atoms with Crippen LogP contribution in [0, 0.1) is 5.92 Å². The Morgan fingerprint density at radius 1 is 1.44 bits per heavy atom. The van der Waals surface area contributed by atoms with Crippen LogP contribution in [0.5, 0.6) is 0 Å². The van der Waals surface area contributed by atoms with E-state index in [4.69, 9.17) is 9.84 Å². The van der Waals surface area contributed by atoms with Crippen LogP contribution in [0.1, 0.15) is 27.2 Å². The van der Waals surface area contributed by atoms with Crippen molar-refractivity contribution in [3.63, 3.8) is 0 Å². The molecule has 1 saturated heterocycles. The van der Waals surface area contributed by atoms with Crippen LogP contribution in [0.4, 0.5) is 0 Å². The van der Waals surface area contributed by atoms with Gasteiger partial charge in [-0.2, -0.15) is 0 Å². The highest BCUT2D eigenvalue weighted by molar-refractivity contribution is 5.91. The minimum atomic E-state index is -1.43. The molecule has 1 N–H and O–H groups in total. The molecule has 0 saturated carbocycles. The number of hydrogen-bond donors (Lipinski definition) is 1. The Balaban J connectivity index is 2.75. The van der Waals surface area contributed by atoms with Crippen molar-refractivity contribution < 1.29 is 29.0 Å². The first kappa shape index (κ1) is 12.5. The first-order valence-corrected chi connectivity index (χ1v) is 4.86. The van der Waals surface area contributed by atoms with Crippen LogP contribution in [-0.4, -0.2) is 34.7 Å². The molecule has 6 nitrogen and oxygen atoms in total. The van der Waals surface area contributed by atoms with E-state index in [2.05, 4.69) is 4.74 Å². The third-order valence-electron chi connectivity index (χ3n) is 1.96. The Labute approximate surface area is 92.5 Å². The van der Waals surface area contributed by atoms with Crippen LogP contribution in [0.3, 0.4) is 0 Å². The molecule has 2 atom stereocenters. The van der Waals surface area contributed by atoms with Crippen LogP contribution in [0.2, 0.25) is 0 Å². The molecule has 16 heavy (non-hydrogen) atoms. The van der Waals surface area contributed by atoms with Gasteiger partial charge in [-0.3, -0.25) is 9.59 Å². The van der Waals surface area contributed by atoms with Gasteiger partial charge in [-0.15, -0.1) is 0 Å². The van der Waals surface area contributed by atoms with E-state index in [0.717, 1.165) is 0 Å². The van der Waals surface area contributed by atoms with Crippen LogP contribution in [-0.2, 0) is 23.9 Å². The number of carbonyl (C=O) groups is 3. The van der Waals surface area contributed by atoms with Gasteiger partial charge in [0, 0.05) is 0 Å². The fourth-order valence-electron chi connectivity index (χ4n) is 1.37. The molecular formula is C10H14O6. The number of cyclic esters (lactones) is 1. The highest BCUT2D eigenvalue weighted by Gasteiger charge is 2.46. The third-order valence-corrected chi connectivity index (χ3v) is 1.96. The molecule has 0 bridgehead atoms. The van der Waals surface area contributed by atoms with Crippen molar-refractivity contribution in [3.8, 4) is 0 Å². The average Bonchev–Trinajstić information content (AvgIpc) is 2.44. The molecule has 1 rings (SSSR count). The minimum absolute atomic E-state index is 0.244. The molecule has 0 aromatic rings. The molecule has 1 aliphatic heterocycles. The topological polar surface area (TPSA) is 89.9 Å². The van der Waals surface area contributed by atoms with Gasteiger partial charge in [-0.05, 0) is 20.8 Å². The zero-order chi connectivity index (χ0) is 12.5. The normalized spacial score (nSPS) is 25.1. The molecule has 0 amide bonds. The number of ether oxygens (including phenoxy) is 2. The minimum Gasteiger partial charge on any atom is -0.478 e. The quantitative estimate of drug-likeness (QED) is 0.688. The molecule has 2 unspecified atom stereocenters. The van der Waals surface area contributed by atoms with Gasteiger partial charge in [0.15, 0.2) is 0 Å². The molecule has 90 valence electrons. The number of hydrogen-bond acceptors (Lipinski definition) is 5. The Hall–Kier alpha value is -1.59. The number of carboxylic acid groups (broad SMARTS) is 1. The van der Waals surface area contributed by atoms with Gasteiger partial charge in [-0.1, -0.05) is 0 Å². The molecular weight excluding hydrogens is 216 g/mol. The summed E-state index contributed by atoms with van der Waals surface area (Å²) in [6.07, 6.45) is -1.67. The summed E-state index contributed by atoms with van der Waals surface area (Å²) >= 11 is 0. The molecule has 6 heteroatoms. The summed E-state index contributed by atoms with van der Waals surface area (Å²) in [7, 11) is 0.